The van der Waals surface area contributed by atoms with Crippen LogP contribution < -0.4 is 26.2 Å². The number of hydrogen-bond donors (Lipinski definition) is 0. The van der Waals surface area contributed by atoms with E-state index in [1.807, 2.05) is 0 Å². The lowest BCUT2D eigenvalue weighted by atomic mass is 9.33. The molecule has 0 aromatic heterocycles. The Morgan fingerprint density at radius 1 is 0.443 bits per heavy atom. The van der Waals surface area contributed by atoms with Crippen molar-refractivity contribution in [1.29, 1.82) is 0 Å². The average Bonchev–Trinajstić information content (AvgIpc) is 3.45. The first kappa shape index (κ1) is 39.3. The second-order valence-electron chi connectivity index (χ2n) is 21.6. The maximum absolute atomic E-state index is 2.56. The van der Waals surface area contributed by atoms with Crippen LogP contribution in [0.3, 0.4) is 0 Å². The Balaban J connectivity index is 1.20. The Labute approximate surface area is 365 Å². The molecule has 3 aliphatic rings. The Hall–Kier alpha value is -5.80. The highest BCUT2D eigenvalue weighted by Gasteiger charge is 2.44. The van der Waals surface area contributed by atoms with Gasteiger partial charge in [-0.25, -0.2) is 0 Å². The number of aryl methyl sites for hydroxylation is 1. The number of benzene rings is 7. The second kappa shape index (κ2) is 13.4. The Morgan fingerprint density at radius 2 is 0.902 bits per heavy atom. The fourth-order valence-electron chi connectivity index (χ4n) is 10.5. The minimum absolute atomic E-state index is 0.000159. The van der Waals surface area contributed by atoms with Crippen molar-refractivity contribution in [2.75, 3.05) is 9.80 Å². The van der Waals surface area contributed by atoms with Gasteiger partial charge < -0.3 is 9.80 Å². The van der Waals surface area contributed by atoms with Crippen molar-refractivity contribution in [1.82, 2.24) is 0 Å². The first-order valence-electron chi connectivity index (χ1n) is 22.3. The van der Waals surface area contributed by atoms with E-state index in [2.05, 4.69) is 232 Å². The van der Waals surface area contributed by atoms with Gasteiger partial charge in [0, 0.05) is 39.5 Å². The van der Waals surface area contributed by atoms with Gasteiger partial charge >= 0.3 is 0 Å². The summed E-state index contributed by atoms with van der Waals surface area (Å²) in [6.45, 7) is 28.0. The van der Waals surface area contributed by atoms with Gasteiger partial charge in [0.1, 0.15) is 0 Å². The van der Waals surface area contributed by atoms with Gasteiger partial charge in [-0.2, -0.15) is 0 Å². The monoisotopic (exact) mass is 794 g/mol. The number of fused-ring (bicyclic) bond motifs is 7. The highest BCUT2D eigenvalue weighted by atomic mass is 15.2. The lowest BCUT2D eigenvalue weighted by Crippen LogP contribution is -2.61. The van der Waals surface area contributed by atoms with Crippen molar-refractivity contribution in [2.24, 2.45) is 0 Å². The topological polar surface area (TPSA) is 6.48 Å². The molecule has 10 rings (SSSR count). The maximum Gasteiger partial charge on any atom is 0.252 e. The molecule has 0 amide bonds. The van der Waals surface area contributed by atoms with Crippen LogP contribution in [-0.4, -0.2) is 6.71 Å². The van der Waals surface area contributed by atoms with Gasteiger partial charge in [-0.05, 0) is 144 Å². The lowest BCUT2D eigenvalue weighted by Gasteiger charge is -2.45. The first-order chi connectivity index (χ1) is 28.8. The van der Waals surface area contributed by atoms with Crippen LogP contribution in [0.4, 0.5) is 34.1 Å². The summed E-state index contributed by atoms with van der Waals surface area (Å²) < 4.78 is 0. The van der Waals surface area contributed by atoms with Gasteiger partial charge in [-0.15, -0.1) is 0 Å². The van der Waals surface area contributed by atoms with E-state index in [1.54, 1.807) is 0 Å². The molecule has 1 aliphatic carbocycles. The van der Waals surface area contributed by atoms with Gasteiger partial charge in [0.2, 0.25) is 0 Å². The van der Waals surface area contributed by atoms with Crippen molar-refractivity contribution in [3.63, 3.8) is 0 Å². The molecule has 0 N–H and O–H groups in total. The molecule has 7 aromatic carbocycles. The highest BCUT2D eigenvalue weighted by Crippen LogP contribution is 2.52. The summed E-state index contributed by atoms with van der Waals surface area (Å²) in [6, 6.07) is 54.0. The van der Waals surface area contributed by atoms with Crippen LogP contribution in [0, 0.1) is 6.92 Å². The molecule has 0 saturated carbocycles. The molecule has 2 aliphatic heterocycles. The van der Waals surface area contributed by atoms with E-state index >= 15 is 0 Å². The van der Waals surface area contributed by atoms with Gasteiger partial charge in [0.05, 0.1) is 0 Å². The Bertz CT molecular complexity index is 2890. The smallest absolute Gasteiger partial charge is 0.252 e. The largest absolute Gasteiger partial charge is 0.311 e. The molecule has 2 nitrogen and oxygen atoms in total. The maximum atomic E-state index is 2.56. The highest BCUT2D eigenvalue weighted by molar-refractivity contribution is 7.00. The number of rotatable bonds is 3. The number of hydrogen-bond acceptors (Lipinski definition) is 2. The fraction of sp³-hybridized carbons (Fsp3) is 0.276. The van der Waals surface area contributed by atoms with Gasteiger partial charge in [0.15, 0.2) is 0 Å². The molecule has 0 radical (unpaired) electrons. The molecule has 0 fully saturated rings. The van der Waals surface area contributed by atoms with E-state index < -0.39 is 0 Å². The number of anilines is 6. The van der Waals surface area contributed by atoms with E-state index in [0.29, 0.717) is 0 Å². The Kier molecular flexibility index (Phi) is 8.61. The summed E-state index contributed by atoms with van der Waals surface area (Å²) in [5.41, 5.74) is 24.9. The SMILES string of the molecule is Cc1cc2c3c(c1)N(c1ccc(C(C)(C)C)cc1)c1ccc(C(C)(C)C)cc1B3c1cc(C(C)(C)C)ccc1N2c1ccc(-c2cccc3c2-c2ccccc2C3(C)C)cc1. The average molecular weight is 795 g/mol. The minimum atomic E-state index is -0.0408. The predicted molar refractivity (Wildman–Crippen MR) is 264 cm³/mol. The van der Waals surface area contributed by atoms with Gasteiger partial charge in [0.25, 0.3) is 6.71 Å². The summed E-state index contributed by atoms with van der Waals surface area (Å²) in [7, 11) is 0. The molecular weight excluding hydrogens is 735 g/mol. The third-order valence-corrected chi connectivity index (χ3v) is 14.0. The summed E-state index contributed by atoms with van der Waals surface area (Å²) >= 11 is 0. The normalized spacial score (nSPS) is 14.9. The first-order valence-corrected chi connectivity index (χ1v) is 22.3. The van der Waals surface area contributed by atoms with Crippen molar-refractivity contribution in [3.05, 3.63) is 173 Å². The standard InChI is InChI=1S/C58H59BN2/c1-36-32-51-54-52(33-36)61(42-28-22-38(23-29-42)55(2,3)4)50-31-25-40(57(8,9)10)35-48(50)59(54)47-34-39(56(5,6)7)24-30-49(47)60(51)41-26-20-37(21-27-41)43-17-15-19-46-53(43)44-16-13-14-18-45(44)58(46,11)12/h13-35H,1-12H3. The molecule has 0 bridgehead atoms. The predicted octanol–water partition coefficient (Wildman–Crippen LogP) is 13.9. The summed E-state index contributed by atoms with van der Waals surface area (Å²) in [4.78, 5) is 5.10. The Morgan fingerprint density at radius 3 is 1.43 bits per heavy atom. The molecule has 0 spiro atoms. The quantitative estimate of drug-likeness (QED) is 0.164. The van der Waals surface area contributed by atoms with Gasteiger partial charge in [-0.3, -0.25) is 0 Å². The molecule has 2 heterocycles. The molecule has 304 valence electrons. The molecule has 3 heteroatoms. The van der Waals surface area contributed by atoms with Crippen LogP contribution >= 0.6 is 0 Å². The minimum Gasteiger partial charge on any atom is -0.311 e. The summed E-state index contributed by atoms with van der Waals surface area (Å²) in [6.07, 6.45) is 0. The molecule has 0 saturated heterocycles. The van der Waals surface area contributed by atoms with Crippen molar-refractivity contribution in [3.8, 4) is 22.3 Å². The van der Waals surface area contributed by atoms with E-state index in [0.717, 1.165) is 0 Å². The van der Waals surface area contributed by atoms with Crippen LogP contribution in [0.25, 0.3) is 22.3 Å². The third kappa shape index (κ3) is 6.13. The third-order valence-electron chi connectivity index (χ3n) is 14.0. The zero-order chi connectivity index (χ0) is 43.0. The van der Waals surface area contributed by atoms with Crippen LogP contribution in [-0.2, 0) is 21.7 Å². The fourth-order valence-corrected chi connectivity index (χ4v) is 10.5. The van der Waals surface area contributed by atoms with Crippen LogP contribution in [0.5, 0.6) is 0 Å². The molecule has 0 unspecified atom stereocenters. The molecular formula is C58H59BN2. The number of nitrogens with zero attached hydrogens (tertiary/aromatic N) is 2. The summed E-state index contributed by atoms with van der Waals surface area (Å²) in [5, 5.41) is 0. The van der Waals surface area contributed by atoms with E-state index in [9.17, 15) is 0 Å². The van der Waals surface area contributed by atoms with Crippen molar-refractivity contribution in [2.45, 2.75) is 105 Å². The molecule has 61 heavy (non-hydrogen) atoms. The zero-order valence-electron chi connectivity index (χ0n) is 38.3. The van der Waals surface area contributed by atoms with Crippen molar-refractivity contribution >= 4 is 57.2 Å². The van der Waals surface area contributed by atoms with Gasteiger partial charge in [-0.1, -0.05) is 167 Å². The van der Waals surface area contributed by atoms with E-state index in [4.69, 9.17) is 0 Å². The zero-order valence-corrected chi connectivity index (χ0v) is 38.3. The lowest BCUT2D eigenvalue weighted by molar-refractivity contribution is 0.590. The van der Waals surface area contributed by atoms with E-state index in [-0.39, 0.29) is 28.4 Å². The second-order valence-corrected chi connectivity index (χ2v) is 21.6. The molecule has 7 aromatic rings. The van der Waals surface area contributed by atoms with Crippen LogP contribution in [0.2, 0.25) is 0 Å². The summed E-state index contributed by atoms with van der Waals surface area (Å²) in [5.74, 6) is 0. The van der Waals surface area contributed by atoms with Crippen LogP contribution in [0.1, 0.15) is 110 Å². The van der Waals surface area contributed by atoms with Crippen molar-refractivity contribution < 1.29 is 0 Å². The molecule has 0 atom stereocenters. The van der Waals surface area contributed by atoms with Crippen LogP contribution in [0.15, 0.2) is 140 Å². The van der Waals surface area contributed by atoms with E-state index in [1.165, 1.54) is 106 Å².